The molecule has 3 aromatic carbocycles. The first-order chi connectivity index (χ1) is 14.4. The van der Waals surface area contributed by atoms with Crippen LogP contribution in [0.1, 0.15) is 29.3 Å². The quantitative estimate of drug-likeness (QED) is 0.633. The smallest absolute Gasteiger partial charge is 0.251 e. The lowest BCUT2D eigenvalue weighted by Crippen LogP contribution is -2.28. The lowest BCUT2D eigenvalue weighted by atomic mass is 10.1. The molecular weight excluding hydrogens is 378 g/mol. The third-order valence-corrected chi connectivity index (χ3v) is 4.89. The van der Waals surface area contributed by atoms with Gasteiger partial charge in [0.05, 0.1) is 0 Å². The third-order valence-electron chi connectivity index (χ3n) is 4.89. The van der Waals surface area contributed by atoms with Gasteiger partial charge in [-0.3, -0.25) is 14.4 Å². The highest BCUT2D eigenvalue weighted by molar-refractivity contribution is 5.99. The highest BCUT2D eigenvalue weighted by Gasteiger charge is 2.11. The molecule has 0 fully saturated rings. The highest BCUT2D eigenvalue weighted by Crippen LogP contribution is 2.17. The van der Waals surface area contributed by atoms with E-state index < -0.39 is 0 Å². The molecule has 30 heavy (non-hydrogen) atoms. The van der Waals surface area contributed by atoms with Gasteiger partial charge in [-0.05, 0) is 34.5 Å². The van der Waals surface area contributed by atoms with Crippen molar-refractivity contribution in [3.05, 3.63) is 77.9 Å². The van der Waals surface area contributed by atoms with Gasteiger partial charge in [-0.25, -0.2) is 0 Å². The van der Waals surface area contributed by atoms with Crippen LogP contribution in [0.2, 0.25) is 0 Å². The van der Waals surface area contributed by atoms with Crippen molar-refractivity contribution < 1.29 is 14.4 Å². The van der Waals surface area contributed by atoms with Crippen molar-refractivity contribution in [1.82, 2.24) is 10.2 Å². The minimum Gasteiger partial charge on any atom is -0.352 e. The fraction of sp³-hybridized carbons (Fsp3) is 0.208. The van der Waals surface area contributed by atoms with Crippen molar-refractivity contribution in [3.8, 4) is 0 Å². The summed E-state index contributed by atoms with van der Waals surface area (Å²) in [6.45, 7) is 2.14. The van der Waals surface area contributed by atoms with Crippen LogP contribution in [0, 0.1) is 0 Å². The zero-order valence-electron chi connectivity index (χ0n) is 17.1. The molecule has 3 aromatic rings. The standard InChI is InChI=1S/C24H25N3O3/c1-17(28)27(2)16-21-9-5-6-10-22(21)26-23(29)13-14-25-24(30)20-12-11-18-7-3-4-8-19(18)15-20/h3-12,15H,13-14,16H2,1-2H3,(H,25,30)(H,26,29). The number of nitrogens with zero attached hydrogens (tertiary/aromatic N) is 1. The van der Waals surface area contributed by atoms with Crippen LogP contribution in [0.4, 0.5) is 5.69 Å². The van der Waals surface area contributed by atoms with Gasteiger partial charge in [-0.1, -0.05) is 48.5 Å². The lowest BCUT2D eigenvalue weighted by molar-refractivity contribution is -0.128. The molecule has 3 amide bonds. The number of benzene rings is 3. The fourth-order valence-corrected chi connectivity index (χ4v) is 3.08. The molecule has 3 rings (SSSR count). The maximum atomic E-state index is 12.4. The molecule has 0 atom stereocenters. The monoisotopic (exact) mass is 403 g/mol. The Morgan fingerprint density at radius 2 is 1.60 bits per heavy atom. The van der Waals surface area contributed by atoms with Gasteiger partial charge in [0.2, 0.25) is 11.8 Å². The van der Waals surface area contributed by atoms with Gasteiger partial charge in [0.25, 0.3) is 5.91 Å². The van der Waals surface area contributed by atoms with Crippen LogP contribution in [-0.2, 0) is 16.1 Å². The topological polar surface area (TPSA) is 78.5 Å². The van der Waals surface area contributed by atoms with E-state index in [-0.39, 0.29) is 30.7 Å². The van der Waals surface area contributed by atoms with Gasteiger partial charge >= 0.3 is 0 Å². The normalized spacial score (nSPS) is 10.5. The van der Waals surface area contributed by atoms with E-state index >= 15 is 0 Å². The van der Waals surface area contributed by atoms with E-state index in [0.29, 0.717) is 17.8 Å². The first-order valence-corrected chi connectivity index (χ1v) is 9.80. The zero-order chi connectivity index (χ0) is 21.5. The Hall–Kier alpha value is -3.67. The van der Waals surface area contributed by atoms with Crippen LogP contribution in [0.3, 0.4) is 0 Å². The Kier molecular flexibility index (Phi) is 6.80. The Balaban J connectivity index is 1.53. The molecule has 2 N–H and O–H groups in total. The summed E-state index contributed by atoms with van der Waals surface area (Å²) >= 11 is 0. The Labute approximate surface area is 175 Å². The minimum atomic E-state index is -0.211. The molecule has 0 aliphatic rings. The molecule has 0 unspecified atom stereocenters. The van der Waals surface area contributed by atoms with Gasteiger partial charge < -0.3 is 15.5 Å². The second kappa shape index (κ2) is 9.69. The number of carbonyl (C=O) groups is 3. The predicted octanol–water partition coefficient (Wildman–Crippen LogP) is 3.58. The number of hydrogen-bond acceptors (Lipinski definition) is 3. The summed E-state index contributed by atoms with van der Waals surface area (Å²) < 4.78 is 0. The molecule has 0 aliphatic heterocycles. The number of anilines is 1. The number of nitrogens with one attached hydrogen (secondary N) is 2. The third kappa shape index (κ3) is 5.44. The highest BCUT2D eigenvalue weighted by atomic mass is 16.2. The molecule has 6 nitrogen and oxygen atoms in total. The van der Waals surface area contributed by atoms with E-state index in [1.54, 1.807) is 24.1 Å². The van der Waals surface area contributed by atoms with E-state index in [4.69, 9.17) is 0 Å². The molecule has 154 valence electrons. The SMILES string of the molecule is CC(=O)N(C)Cc1ccccc1NC(=O)CCNC(=O)c1ccc2ccccc2c1. The maximum absolute atomic E-state index is 12.4. The molecule has 0 spiro atoms. The molecule has 0 radical (unpaired) electrons. The van der Waals surface area contributed by atoms with Crippen LogP contribution >= 0.6 is 0 Å². The van der Waals surface area contributed by atoms with E-state index in [1.165, 1.54) is 6.92 Å². The van der Waals surface area contributed by atoms with Crippen LogP contribution < -0.4 is 10.6 Å². The number of rotatable bonds is 7. The van der Waals surface area contributed by atoms with Crippen LogP contribution in [0.15, 0.2) is 66.7 Å². The first kappa shape index (κ1) is 21.0. The Bertz CT molecular complexity index is 1080. The molecule has 6 heteroatoms. The summed E-state index contributed by atoms with van der Waals surface area (Å²) in [6, 6.07) is 20.7. The molecule has 0 saturated heterocycles. The van der Waals surface area contributed by atoms with Crippen molar-refractivity contribution in [2.24, 2.45) is 0 Å². The predicted molar refractivity (Wildman–Crippen MR) is 118 cm³/mol. The largest absolute Gasteiger partial charge is 0.352 e. The van der Waals surface area contributed by atoms with Crippen molar-refractivity contribution in [2.75, 3.05) is 18.9 Å². The summed E-state index contributed by atoms with van der Waals surface area (Å²) in [4.78, 5) is 37.8. The van der Waals surface area contributed by atoms with Crippen molar-refractivity contribution in [3.63, 3.8) is 0 Å². The molecule has 0 aliphatic carbocycles. The fourth-order valence-electron chi connectivity index (χ4n) is 3.08. The number of hydrogen-bond donors (Lipinski definition) is 2. The van der Waals surface area contributed by atoms with Gasteiger partial charge in [0.15, 0.2) is 0 Å². The average Bonchev–Trinajstić information content (AvgIpc) is 2.74. The molecule has 0 bridgehead atoms. The van der Waals surface area contributed by atoms with E-state index in [1.807, 2.05) is 54.6 Å². The van der Waals surface area contributed by atoms with Gasteiger partial charge in [-0.2, -0.15) is 0 Å². The van der Waals surface area contributed by atoms with Crippen LogP contribution in [0.5, 0.6) is 0 Å². The minimum absolute atomic E-state index is 0.0486. The zero-order valence-corrected chi connectivity index (χ0v) is 17.1. The molecular formula is C24H25N3O3. The van der Waals surface area contributed by atoms with Crippen LogP contribution in [0.25, 0.3) is 10.8 Å². The van der Waals surface area contributed by atoms with Gasteiger partial charge in [0.1, 0.15) is 0 Å². The number of carbonyl (C=O) groups excluding carboxylic acids is 3. The van der Waals surface area contributed by atoms with E-state index in [2.05, 4.69) is 10.6 Å². The summed E-state index contributed by atoms with van der Waals surface area (Å²) in [5.41, 5.74) is 2.08. The molecule has 0 heterocycles. The molecule has 0 aromatic heterocycles. The summed E-state index contributed by atoms with van der Waals surface area (Å²) in [7, 11) is 1.71. The van der Waals surface area contributed by atoms with Crippen LogP contribution in [-0.4, -0.2) is 36.2 Å². The average molecular weight is 403 g/mol. The second-order valence-corrected chi connectivity index (χ2v) is 7.15. The molecule has 0 saturated carbocycles. The summed E-state index contributed by atoms with van der Waals surface area (Å²) in [5.74, 6) is -0.462. The van der Waals surface area contributed by atoms with Crippen molar-refractivity contribution in [1.29, 1.82) is 0 Å². The summed E-state index contributed by atoms with van der Waals surface area (Å²) in [5, 5.41) is 7.72. The second-order valence-electron chi connectivity index (χ2n) is 7.15. The number of fused-ring (bicyclic) bond motifs is 1. The number of para-hydroxylation sites is 1. The van der Waals surface area contributed by atoms with Gasteiger partial charge in [0, 0.05) is 44.7 Å². The first-order valence-electron chi connectivity index (χ1n) is 9.80. The van der Waals surface area contributed by atoms with Gasteiger partial charge in [-0.15, -0.1) is 0 Å². The van der Waals surface area contributed by atoms with E-state index in [0.717, 1.165) is 16.3 Å². The summed E-state index contributed by atoms with van der Waals surface area (Å²) in [6.07, 6.45) is 0.149. The number of amides is 3. The lowest BCUT2D eigenvalue weighted by Gasteiger charge is -2.18. The maximum Gasteiger partial charge on any atom is 0.251 e. The van der Waals surface area contributed by atoms with Crippen molar-refractivity contribution in [2.45, 2.75) is 19.9 Å². The van der Waals surface area contributed by atoms with E-state index in [9.17, 15) is 14.4 Å². The Morgan fingerprint density at radius 3 is 2.37 bits per heavy atom. The Morgan fingerprint density at radius 1 is 0.900 bits per heavy atom. The van der Waals surface area contributed by atoms with Crippen molar-refractivity contribution >= 4 is 34.2 Å².